The van der Waals surface area contributed by atoms with E-state index in [-0.39, 0.29) is 12.4 Å². The number of allylic oxidation sites excluding steroid dienone is 4. The third-order valence-corrected chi connectivity index (χ3v) is 3.67. The van der Waals surface area contributed by atoms with E-state index in [1.165, 1.54) is 13.0 Å². The summed E-state index contributed by atoms with van der Waals surface area (Å²) in [6.45, 7) is 1.65. The average molecular weight is 384 g/mol. The maximum atomic E-state index is 10.8. The van der Waals surface area contributed by atoms with Gasteiger partial charge in [0, 0.05) is 6.42 Å². The molecule has 0 saturated heterocycles. The van der Waals surface area contributed by atoms with Crippen molar-refractivity contribution in [1.29, 1.82) is 0 Å². The van der Waals surface area contributed by atoms with Gasteiger partial charge in [-0.15, -0.1) is 0 Å². The zero-order valence-electron chi connectivity index (χ0n) is 16.1. The van der Waals surface area contributed by atoms with E-state index in [2.05, 4.69) is 11.8 Å². The van der Waals surface area contributed by atoms with Gasteiger partial charge in [-0.3, -0.25) is 0 Å². The minimum Gasteiger partial charge on any atom is -0.491 e. The Balaban J connectivity index is 2.25. The molecule has 0 radical (unpaired) electrons. The fourth-order valence-corrected chi connectivity index (χ4v) is 2.15. The molecular weight excluding hydrogens is 356 g/mol. The van der Waals surface area contributed by atoms with Crippen LogP contribution in [0.4, 0.5) is 0 Å². The Morgan fingerprint density at radius 1 is 1.07 bits per heavy atom. The van der Waals surface area contributed by atoms with E-state index in [9.17, 15) is 20.1 Å². The Labute approximate surface area is 166 Å². The van der Waals surface area contributed by atoms with Gasteiger partial charge in [-0.1, -0.05) is 48.3 Å². The van der Waals surface area contributed by atoms with Crippen molar-refractivity contribution in [2.45, 2.75) is 44.5 Å². The first-order valence-electron chi connectivity index (χ1n) is 9.21. The second-order valence-electron chi connectivity index (χ2n) is 6.24. The maximum absolute atomic E-state index is 10.8. The second kappa shape index (κ2) is 14.4. The summed E-state index contributed by atoms with van der Waals surface area (Å²) >= 11 is 0. The van der Waals surface area contributed by atoms with Gasteiger partial charge in [-0.2, -0.15) is 0 Å². The highest BCUT2D eigenvalue weighted by Crippen LogP contribution is 2.08. The molecular formula is C23H28O5. The van der Waals surface area contributed by atoms with Crippen LogP contribution in [0.2, 0.25) is 0 Å². The fraction of sp³-hybridized carbons (Fsp3) is 0.348. The summed E-state index contributed by atoms with van der Waals surface area (Å²) in [7, 11) is 0. The Morgan fingerprint density at radius 3 is 2.50 bits per heavy atom. The molecule has 0 fully saturated rings. The van der Waals surface area contributed by atoms with Gasteiger partial charge in [-0.25, -0.2) is 0 Å². The highest BCUT2D eigenvalue weighted by Gasteiger charge is 2.12. The second-order valence-corrected chi connectivity index (χ2v) is 6.24. The fourth-order valence-electron chi connectivity index (χ4n) is 2.15. The number of carbonyl (C=O) groups is 1. The van der Waals surface area contributed by atoms with Gasteiger partial charge in [0.2, 0.25) is 0 Å². The molecule has 0 aromatic heterocycles. The number of ketones is 1. The minimum absolute atomic E-state index is 0.0732. The van der Waals surface area contributed by atoms with Gasteiger partial charge >= 0.3 is 0 Å². The normalized spacial score (nSPS) is 14.7. The van der Waals surface area contributed by atoms with Crippen LogP contribution in [0.3, 0.4) is 0 Å². The molecule has 3 N–H and O–H groups in total. The van der Waals surface area contributed by atoms with Crippen molar-refractivity contribution in [2.24, 2.45) is 0 Å². The monoisotopic (exact) mass is 384 g/mol. The minimum atomic E-state index is -0.982. The number of carbonyl (C=O) groups excluding carboxylic acids is 1. The van der Waals surface area contributed by atoms with Crippen molar-refractivity contribution in [3.8, 4) is 17.6 Å². The van der Waals surface area contributed by atoms with Gasteiger partial charge in [-0.05, 0) is 50.1 Å². The molecule has 0 heterocycles. The quantitative estimate of drug-likeness (QED) is 0.403. The van der Waals surface area contributed by atoms with Crippen molar-refractivity contribution in [3.63, 3.8) is 0 Å². The highest BCUT2D eigenvalue weighted by atomic mass is 16.5. The van der Waals surface area contributed by atoms with Gasteiger partial charge in [0.05, 0.1) is 12.2 Å². The third-order valence-electron chi connectivity index (χ3n) is 3.67. The van der Waals surface area contributed by atoms with Crippen molar-refractivity contribution in [2.75, 3.05) is 6.61 Å². The van der Waals surface area contributed by atoms with Crippen LogP contribution >= 0.6 is 0 Å². The lowest BCUT2D eigenvalue weighted by Gasteiger charge is -2.13. The molecule has 1 aromatic rings. The Morgan fingerprint density at radius 2 is 1.79 bits per heavy atom. The first-order chi connectivity index (χ1) is 13.5. The topological polar surface area (TPSA) is 87.0 Å². The summed E-state index contributed by atoms with van der Waals surface area (Å²) < 4.78 is 5.42. The lowest BCUT2D eigenvalue weighted by atomic mass is 10.1. The number of ether oxygens (including phenoxy) is 1. The van der Waals surface area contributed by atoms with E-state index in [4.69, 9.17) is 4.74 Å². The number of para-hydroxylation sites is 1. The molecule has 0 saturated carbocycles. The zero-order valence-corrected chi connectivity index (χ0v) is 16.1. The highest BCUT2D eigenvalue weighted by molar-refractivity contribution is 5.75. The molecule has 1 aromatic carbocycles. The van der Waals surface area contributed by atoms with E-state index < -0.39 is 18.3 Å². The molecule has 0 aliphatic rings. The zero-order chi connectivity index (χ0) is 20.6. The van der Waals surface area contributed by atoms with Gasteiger partial charge < -0.3 is 24.9 Å². The van der Waals surface area contributed by atoms with Crippen LogP contribution < -0.4 is 4.74 Å². The smallest absolute Gasteiger partial charge is 0.129 e. The summed E-state index contributed by atoms with van der Waals surface area (Å²) in [6, 6.07) is 9.24. The Hall–Kier alpha value is -2.65. The first-order valence-corrected chi connectivity index (χ1v) is 9.21. The van der Waals surface area contributed by atoms with Gasteiger partial charge in [0.1, 0.15) is 24.2 Å². The van der Waals surface area contributed by atoms with Crippen LogP contribution in [0.1, 0.15) is 26.2 Å². The number of aliphatic hydroxyl groups is 3. The van der Waals surface area contributed by atoms with E-state index >= 15 is 0 Å². The molecule has 28 heavy (non-hydrogen) atoms. The Bertz CT molecular complexity index is 710. The van der Waals surface area contributed by atoms with Crippen LogP contribution in [0.25, 0.3) is 0 Å². The van der Waals surface area contributed by atoms with Gasteiger partial charge in [0.25, 0.3) is 0 Å². The molecule has 1 rings (SSSR count). The lowest BCUT2D eigenvalue weighted by Crippen LogP contribution is -2.23. The molecule has 5 nitrogen and oxygen atoms in total. The maximum Gasteiger partial charge on any atom is 0.129 e. The van der Waals surface area contributed by atoms with E-state index in [0.717, 1.165) is 0 Å². The average Bonchev–Trinajstić information content (AvgIpc) is 2.68. The SMILES string of the molecule is CC(=O)CCC[C@H](O)[C@H](O)/C=C/C=C/C#C/C=C/[C@H](O)COc1ccccc1. The summed E-state index contributed by atoms with van der Waals surface area (Å²) in [6.07, 6.45) is 8.08. The van der Waals surface area contributed by atoms with Crippen LogP contribution in [-0.2, 0) is 4.79 Å². The number of hydrogen-bond acceptors (Lipinski definition) is 5. The van der Waals surface area contributed by atoms with Crippen LogP contribution in [0, 0.1) is 11.8 Å². The standard InChI is InChI=1S/C23H28O5/c1-19(24)12-11-17-23(27)22(26)16-10-5-3-2-4-7-13-20(25)18-28-21-14-8-6-9-15-21/h3,5-10,13-16,20,22-23,25-27H,11-12,17-18H2,1H3/b5-3+,13-7+,16-10+/t20-,22+,23-/m0/s1. The van der Waals surface area contributed by atoms with Crippen LogP contribution in [-0.4, -0.2) is 46.0 Å². The molecule has 150 valence electrons. The molecule has 0 aliphatic carbocycles. The number of hydrogen-bond donors (Lipinski definition) is 3. The van der Waals surface area contributed by atoms with Gasteiger partial charge in [0.15, 0.2) is 0 Å². The lowest BCUT2D eigenvalue weighted by molar-refractivity contribution is -0.117. The molecule has 5 heteroatoms. The largest absolute Gasteiger partial charge is 0.491 e. The number of Topliss-reactive ketones (excluding diaryl/α,β-unsaturated/α-hetero) is 1. The number of aliphatic hydroxyl groups excluding tert-OH is 3. The predicted molar refractivity (Wildman–Crippen MR) is 110 cm³/mol. The molecule has 0 aliphatic heterocycles. The van der Waals surface area contributed by atoms with Crippen LogP contribution in [0.15, 0.2) is 66.8 Å². The van der Waals surface area contributed by atoms with E-state index in [0.29, 0.717) is 25.0 Å². The summed E-state index contributed by atoms with van der Waals surface area (Å²) in [5.41, 5.74) is 0. The van der Waals surface area contributed by atoms with E-state index in [1.54, 1.807) is 30.4 Å². The van der Waals surface area contributed by atoms with Crippen molar-refractivity contribution in [1.82, 2.24) is 0 Å². The molecule has 0 amide bonds. The summed E-state index contributed by atoms with van der Waals surface area (Å²) in [5, 5.41) is 29.3. The van der Waals surface area contributed by atoms with Crippen molar-refractivity contribution < 1.29 is 24.9 Å². The van der Waals surface area contributed by atoms with Crippen LogP contribution in [0.5, 0.6) is 5.75 Å². The summed E-state index contributed by atoms with van der Waals surface area (Å²) in [4.78, 5) is 10.8. The number of rotatable bonds is 11. The third kappa shape index (κ3) is 11.9. The molecule has 0 bridgehead atoms. The predicted octanol–water partition coefficient (Wildman–Crippen LogP) is 2.58. The molecule has 0 spiro atoms. The summed E-state index contributed by atoms with van der Waals surface area (Å²) in [5.74, 6) is 6.28. The first kappa shape index (κ1) is 23.4. The molecule has 3 atom stereocenters. The molecule has 0 unspecified atom stereocenters. The van der Waals surface area contributed by atoms with Crippen molar-refractivity contribution >= 4 is 5.78 Å². The Kier molecular flexibility index (Phi) is 12.0. The van der Waals surface area contributed by atoms with E-state index in [1.807, 2.05) is 30.3 Å². The number of benzene rings is 1. The van der Waals surface area contributed by atoms with Crippen molar-refractivity contribution in [3.05, 3.63) is 66.8 Å².